The Morgan fingerprint density at radius 2 is 1.84 bits per heavy atom. The molecule has 162 valence electrons. The number of hydrogen-bond donors (Lipinski definition) is 2. The summed E-state index contributed by atoms with van der Waals surface area (Å²) in [5, 5.41) is 13.2. The summed E-state index contributed by atoms with van der Waals surface area (Å²) in [5.74, 6) is 0.0598. The molecule has 9 heteroatoms. The molecule has 1 spiro atoms. The molecular weight excluding hydrogens is 398 g/mol. The molecule has 0 amide bonds. The van der Waals surface area contributed by atoms with E-state index in [9.17, 15) is 5.11 Å². The number of nitrogens with one attached hydrogen (secondary N) is 1. The van der Waals surface area contributed by atoms with Gasteiger partial charge in [-0.1, -0.05) is 24.6 Å². The van der Waals surface area contributed by atoms with Crippen molar-refractivity contribution in [3.63, 3.8) is 0 Å². The Labute approximate surface area is 179 Å². The van der Waals surface area contributed by atoms with Gasteiger partial charge in [0.05, 0.1) is 12.9 Å². The largest absolute Gasteiger partial charge is 0.394 e. The second kappa shape index (κ2) is 7.52. The van der Waals surface area contributed by atoms with Gasteiger partial charge in [0, 0.05) is 18.5 Å². The van der Waals surface area contributed by atoms with Crippen LogP contribution in [0.15, 0.2) is 43.0 Å². The van der Waals surface area contributed by atoms with Crippen molar-refractivity contribution >= 4 is 22.7 Å². The number of fused-ring (bicyclic) bond motifs is 2. The molecule has 9 nitrogen and oxygen atoms in total. The van der Waals surface area contributed by atoms with Gasteiger partial charge in [-0.25, -0.2) is 15.0 Å². The summed E-state index contributed by atoms with van der Waals surface area (Å²) in [6.07, 6.45) is 6.78. The van der Waals surface area contributed by atoms with E-state index >= 15 is 0 Å². The first-order valence-corrected chi connectivity index (χ1v) is 10.9. The minimum Gasteiger partial charge on any atom is -0.394 e. The number of aliphatic hydroxyl groups is 1. The zero-order chi connectivity index (χ0) is 20.8. The molecule has 0 bridgehead atoms. The van der Waals surface area contributed by atoms with Gasteiger partial charge in [0.2, 0.25) is 0 Å². The van der Waals surface area contributed by atoms with Crippen molar-refractivity contribution in [2.45, 2.75) is 62.4 Å². The van der Waals surface area contributed by atoms with E-state index in [1.165, 1.54) is 12.7 Å². The molecule has 1 aromatic carbocycles. The van der Waals surface area contributed by atoms with Crippen molar-refractivity contribution in [3.05, 3.63) is 43.0 Å². The highest BCUT2D eigenvalue weighted by atomic mass is 16.8. The fraction of sp³-hybridized carbons (Fsp3) is 0.500. The van der Waals surface area contributed by atoms with Gasteiger partial charge >= 0.3 is 0 Å². The molecule has 3 aromatic rings. The Balaban J connectivity index is 1.34. The first kappa shape index (κ1) is 19.1. The Bertz CT molecular complexity index is 1070. The van der Waals surface area contributed by atoms with Crippen LogP contribution in [0.25, 0.3) is 11.2 Å². The fourth-order valence-corrected chi connectivity index (χ4v) is 4.98. The molecule has 4 atom stereocenters. The summed E-state index contributed by atoms with van der Waals surface area (Å²) >= 11 is 0. The third-order valence-electron chi connectivity index (χ3n) is 6.45. The van der Waals surface area contributed by atoms with Crippen LogP contribution < -0.4 is 5.32 Å². The number of ether oxygens (including phenoxy) is 3. The van der Waals surface area contributed by atoms with Crippen LogP contribution in [-0.4, -0.2) is 55.3 Å². The summed E-state index contributed by atoms with van der Waals surface area (Å²) in [6.45, 7) is -0.125. The third-order valence-corrected chi connectivity index (χ3v) is 6.45. The number of benzene rings is 1. The van der Waals surface area contributed by atoms with Crippen molar-refractivity contribution in [1.82, 2.24) is 19.5 Å². The zero-order valence-corrected chi connectivity index (χ0v) is 17.1. The van der Waals surface area contributed by atoms with Gasteiger partial charge in [-0.15, -0.1) is 0 Å². The molecule has 2 aromatic heterocycles. The first-order chi connectivity index (χ1) is 15.3. The van der Waals surface area contributed by atoms with Gasteiger partial charge in [-0.2, -0.15) is 0 Å². The highest BCUT2D eigenvalue weighted by Gasteiger charge is 2.58. The van der Waals surface area contributed by atoms with Crippen LogP contribution in [0.1, 0.15) is 38.3 Å². The number of rotatable bonds is 4. The molecule has 6 rings (SSSR count). The lowest BCUT2D eigenvalue weighted by Gasteiger charge is -2.34. The third kappa shape index (κ3) is 3.20. The van der Waals surface area contributed by atoms with Crippen molar-refractivity contribution in [1.29, 1.82) is 0 Å². The molecule has 1 aliphatic carbocycles. The fourth-order valence-electron chi connectivity index (χ4n) is 4.98. The number of hydrogen-bond acceptors (Lipinski definition) is 8. The maximum atomic E-state index is 9.92. The standard InChI is InChI=1S/C22H25N5O4/c28-11-15-17-18(31-22(30-17)9-5-2-6-10-22)21(29-15)27-13-25-16-19(23-12-24-20(16)27)26-14-7-3-1-4-8-14/h1,3-4,7-8,12-13,15,17-18,21,28H,2,5-6,9-11H2,(H,23,24,26)/t15-,17-,18-,21-/m1/s1. The van der Waals surface area contributed by atoms with E-state index in [1.807, 2.05) is 34.9 Å². The first-order valence-electron chi connectivity index (χ1n) is 10.9. The van der Waals surface area contributed by atoms with E-state index < -0.39 is 18.1 Å². The smallest absolute Gasteiger partial charge is 0.169 e. The predicted octanol–water partition coefficient (Wildman–Crippen LogP) is 2.90. The van der Waals surface area contributed by atoms with Gasteiger partial charge in [-0.3, -0.25) is 4.57 Å². The van der Waals surface area contributed by atoms with Crippen LogP contribution in [-0.2, 0) is 14.2 Å². The van der Waals surface area contributed by atoms with Gasteiger partial charge in [0.15, 0.2) is 29.0 Å². The molecule has 2 N–H and O–H groups in total. The zero-order valence-electron chi connectivity index (χ0n) is 17.1. The molecular formula is C22H25N5O4. The lowest BCUT2D eigenvalue weighted by atomic mass is 9.94. The normalized spacial score (nSPS) is 29.5. The van der Waals surface area contributed by atoms with E-state index in [4.69, 9.17) is 14.2 Å². The quantitative estimate of drug-likeness (QED) is 0.660. The Morgan fingerprint density at radius 3 is 2.65 bits per heavy atom. The highest BCUT2D eigenvalue weighted by Crippen LogP contribution is 2.48. The Morgan fingerprint density at radius 1 is 1.03 bits per heavy atom. The maximum Gasteiger partial charge on any atom is 0.169 e. The lowest BCUT2D eigenvalue weighted by molar-refractivity contribution is -0.232. The monoisotopic (exact) mass is 423 g/mol. The van der Waals surface area contributed by atoms with Crippen molar-refractivity contribution < 1.29 is 19.3 Å². The second-order valence-corrected chi connectivity index (χ2v) is 8.42. The molecule has 2 saturated heterocycles. The molecule has 1 saturated carbocycles. The lowest BCUT2D eigenvalue weighted by Crippen LogP contribution is -2.37. The predicted molar refractivity (Wildman–Crippen MR) is 112 cm³/mol. The SMILES string of the molecule is OC[C@H]1O[C@@H](n2cnc3c(Nc4ccccc4)ncnc32)[C@@H]2OC3(CCCCC3)O[C@@H]21. The van der Waals surface area contributed by atoms with E-state index in [1.54, 1.807) is 6.33 Å². The number of imidazole rings is 1. The average Bonchev–Trinajstić information content (AvgIpc) is 3.47. The molecule has 2 aliphatic heterocycles. The molecule has 3 aliphatic rings. The molecule has 0 radical (unpaired) electrons. The van der Waals surface area contributed by atoms with Crippen LogP contribution in [0, 0.1) is 0 Å². The second-order valence-electron chi connectivity index (χ2n) is 8.42. The van der Waals surface area contributed by atoms with E-state index in [0.717, 1.165) is 31.4 Å². The van der Waals surface area contributed by atoms with Gasteiger partial charge in [0.25, 0.3) is 0 Å². The Hall–Kier alpha value is -2.59. The number of nitrogens with zero attached hydrogens (tertiary/aromatic N) is 4. The van der Waals surface area contributed by atoms with Gasteiger partial charge in [-0.05, 0) is 25.0 Å². The van der Waals surface area contributed by atoms with E-state index in [-0.39, 0.29) is 18.8 Å². The topological polar surface area (TPSA) is 104 Å². The molecule has 3 fully saturated rings. The van der Waals surface area contributed by atoms with E-state index in [2.05, 4.69) is 20.3 Å². The minimum atomic E-state index is -0.561. The Kier molecular flexibility index (Phi) is 4.64. The molecule has 4 heterocycles. The van der Waals surface area contributed by atoms with Crippen LogP contribution >= 0.6 is 0 Å². The van der Waals surface area contributed by atoms with E-state index in [0.29, 0.717) is 17.0 Å². The average molecular weight is 423 g/mol. The summed E-state index contributed by atoms with van der Waals surface area (Å²) < 4.78 is 20.9. The van der Waals surface area contributed by atoms with Gasteiger partial charge in [0.1, 0.15) is 24.6 Å². The van der Waals surface area contributed by atoms with Crippen molar-refractivity contribution in [2.24, 2.45) is 0 Å². The number of para-hydroxylation sites is 1. The van der Waals surface area contributed by atoms with Crippen LogP contribution in [0.4, 0.5) is 11.5 Å². The highest BCUT2D eigenvalue weighted by molar-refractivity contribution is 5.85. The number of anilines is 2. The van der Waals surface area contributed by atoms with Crippen LogP contribution in [0.5, 0.6) is 0 Å². The summed E-state index contributed by atoms with van der Waals surface area (Å²) in [5.41, 5.74) is 2.20. The number of aromatic nitrogens is 4. The van der Waals surface area contributed by atoms with Crippen molar-refractivity contribution in [2.75, 3.05) is 11.9 Å². The van der Waals surface area contributed by atoms with Crippen LogP contribution in [0.3, 0.4) is 0 Å². The summed E-state index contributed by atoms with van der Waals surface area (Å²) in [6, 6.07) is 9.81. The minimum absolute atomic E-state index is 0.125. The maximum absolute atomic E-state index is 9.92. The summed E-state index contributed by atoms with van der Waals surface area (Å²) in [7, 11) is 0. The van der Waals surface area contributed by atoms with Gasteiger partial charge < -0.3 is 24.6 Å². The van der Waals surface area contributed by atoms with Crippen LogP contribution in [0.2, 0.25) is 0 Å². The van der Waals surface area contributed by atoms with Crippen molar-refractivity contribution in [3.8, 4) is 0 Å². The number of aliphatic hydroxyl groups excluding tert-OH is 1. The molecule has 0 unspecified atom stereocenters. The summed E-state index contributed by atoms with van der Waals surface area (Å²) in [4.78, 5) is 13.4. The molecule has 31 heavy (non-hydrogen) atoms.